The number of hydrogen-bond acceptors (Lipinski definition) is 3. The number of nitrogens with one attached hydrogen (secondary N) is 1. The van der Waals surface area contributed by atoms with Gasteiger partial charge in [-0.1, -0.05) is 105 Å². The number of carbonyl (C=O) groups excluding carboxylic acids is 1. The van der Waals surface area contributed by atoms with Gasteiger partial charge in [0.2, 0.25) is 0 Å². The second-order valence-corrected chi connectivity index (χ2v) is 10.5. The molecule has 3 aromatic carbocycles. The highest BCUT2D eigenvalue weighted by Gasteiger charge is 2.41. The zero-order valence-electron chi connectivity index (χ0n) is 20.9. The molecule has 2 heterocycles. The summed E-state index contributed by atoms with van der Waals surface area (Å²) in [6.45, 7) is 8.71. The van der Waals surface area contributed by atoms with Crippen molar-refractivity contribution in [3.05, 3.63) is 113 Å². The van der Waals surface area contributed by atoms with Crippen LogP contribution in [0.3, 0.4) is 0 Å². The molecule has 0 bridgehead atoms. The lowest BCUT2D eigenvalue weighted by atomic mass is 9.86. The van der Waals surface area contributed by atoms with Crippen molar-refractivity contribution in [2.75, 3.05) is 5.32 Å². The SMILES string of the molecule is Cc1ccc(CC2Nc3c(Cc4ccccc4)nc(-c4ccc(C(C)(C)C)cc4)c[n+]3C2=O)cc1. The van der Waals surface area contributed by atoms with E-state index in [1.165, 1.54) is 16.7 Å². The predicted molar refractivity (Wildman–Crippen MR) is 141 cm³/mol. The maximum Gasteiger partial charge on any atom is 0.359 e. The topological polar surface area (TPSA) is 45.9 Å². The van der Waals surface area contributed by atoms with Crippen molar-refractivity contribution in [1.82, 2.24) is 4.98 Å². The van der Waals surface area contributed by atoms with Crippen molar-refractivity contribution in [1.29, 1.82) is 0 Å². The average molecular weight is 463 g/mol. The third-order valence-corrected chi connectivity index (χ3v) is 6.69. The molecule has 1 aliphatic rings. The Bertz CT molecular complexity index is 1350. The van der Waals surface area contributed by atoms with E-state index in [0.717, 1.165) is 28.3 Å². The Morgan fingerprint density at radius 1 is 0.886 bits per heavy atom. The minimum atomic E-state index is -0.312. The Morgan fingerprint density at radius 3 is 2.23 bits per heavy atom. The first-order valence-corrected chi connectivity index (χ1v) is 12.2. The van der Waals surface area contributed by atoms with E-state index in [9.17, 15) is 4.79 Å². The van der Waals surface area contributed by atoms with E-state index >= 15 is 0 Å². The molecule has 1 unspecified atom stereocenters. The highest BCUT2D eigenvalue weighted by Crippen LogP contribution is 2.28. The Morgan fingerprint density at radius 2 is 1.57 bits per heavy atom. The van der Waals surface area contributed by atoms with Gasteiger partial charge in [0.25, 0.3) is 0 Å². The van der Waals surface area contributed by atoms with Crippen molar-refractivity contribution >= 4 is 11.7 Å². The lowest BCUT2D eigenvalue weighted by Gasteiger charge is -2.19. The van der Waals surface area contributed by atoms with Gasteiger partial charge in [0.1, 0.15) is 17.6 Å². The molecule has 0 amide bonds. The summed E-state index contributed by atoms with van der Waals surface area (Å²) in [6.07, 6.45) is 3.18. The van der Waals surface area contributed by atoms with Crippen LogP contribution in [-0.2, 0) is 18.3 Å². The third-order valence-electron chi connectivity index (χ3n) is 6.69. The van der Waals surface area contributed by atoms with Gasteiger partial charge in [-0.05, 0) is 29.0 Å². The number of aromatic nitrogens is 2. The molecular weight excluding hydrogens is 430 g/mol. The number of hydrogen-bond donors (Lipinski definition) is 1. The minimum absolute atomic E-state index is 0.0600. The fraction of sp³-hybridized carbons (Fsp3) is 0.258. The van der Waals surface area contributed by atoms with Gasteiger partial charge in [-0.15, -0.1) is 0 Å². The van der Waals surface area contributed by atoms with Crippen LogP contribution < -0.4 is 9.88 Å². The Labute approximate surface area is 207 Å². The summed E-state index contributed by atoms with van der Waals surface area (Å²) in [7, 11) is 0. The number of rotatable bonds is 5. The molecular formula is C31H32N3O+. The molecule has 4 aromatic rings. The second-order valence-electron chi connectivity index (χ2n) is 10.5. The average Bonchev–Trinajstić information content (AvgIpc) is 3.16. The molecule has 4 nitrogen and oxygen atoms in total. The third kappa shape index (κ3) is 4.88. The molecule has 0 saturated carbocycles. The zero-order valence-corrected chi connectivity index (χ0v) is 20.9. The van der Waals surface area contributed by atoms with Crippen molar-refractivity contribution in [3.8, 4) is 11.3 Å². The van der Waals surface area contributed by atoms with Gasteiger partial charge in [-0.25, -0.2) is 9.78 Å². The van der Waals surface area contributed by atoms with Crippen molar-refractivity contribution in [2.45, 2.75) is 52.0 Å². The van der Waals surface area contributed by atoms with E-state index in [0.29, 0.717) is 12.8 Å². The molecule has 1 aromatic heterocycles. The number of carbonyl (C=O) groups is 1. The number of anilines is 1. The summed E-state index contributed by atoms with van der Waals surface area (Å²) < 4.78 is 1.77. The van der Waals surface area contributed by atoms with Gasteiger partial charge in [-0.3, -0.25) is 5.32 Å². The Balaban J connectivity index is 1.53. The smallest absolute Gasteiger partial charge is 0.258 e. The van der Waals surface area contributed by atoms with Crippen LogP contribution in [0.5, 0.6) is 0 Å². The van der Waals surface area contributed by atoms with Gasteiger partial charge in [0.15, 0.2) is 6.04 Å². The van der Waals surface area contributed by atoms with Crippen LogP contribution in [0.4, 0.5) is 5.82 Å². The normalized spacial score (nSPS) is 15.1. The minimum Gasteiger partial charge on any atom is -0.258 e. The maximum atomic E-state index is 13.5. The lowest BCUT2D eigenvalue weighted by molar-refractivity contribution is -0.552. The van der Waals surface area contributed by atoms with E-state index < -0.39 is 0 Å². The number of benzene rings is 3. The quantitative estimate of drug-likeness (QED) is 0.375. The van der Waals surface area contributed by atoms with E-state index in [4.69, 9.17) is 4.98 Å². The number of aryl methyl sites for hydroxylation is 1. The van der Waals surface area contributed by atoms with Crippen LogP contribution in [0.15, 0.2) is 85.1 Å². The first kappa shape index (κ1) is 23.0. The predicted octanol–water partition coefficient (Wildman–Crippen LogP) is 5.91. The summed E-state index contributed by atoms with van der Waals surface area (Å²) in [5.74, 6) is 0.857. The second kappa shape index (κ2) is 9.10. The van der Waals surface area contributed by atoms with Crippen molar-refractivity contribution in [3.63, 3.8) is 0 Å². The van der Waals surface area contributed by atoms with Crippen LogP contribution in [0.2, 0.25) is 0 Å². The van der Waals surface area contributed by atoms with Gasteiger partial charge in [-0.2, -0.15) is 4.57 Å². The molecule has 1 aliphatic heterocycles. The lowest BCUT2D eigenvalue weighted by Crippen LogP contribution is -2.44. The highest BCUT2D eigenvalue weighted by molar-refractivity contribution is 5.82. The Hall–Kier alpha value is -3.79. The van der Waals surface area contributed by atoms with Crippen LogP contribution in [0, 0.1) is 6.92 Å². The molecule has 0 spiro atoms. The first-order chi connectivity index (χ1) is 16.8. The van der Waals surface area contributed by atoms with Crippen LogP contribution in [0.1, 0.15) is 53.5 Å². The van der Waals surface area contributed by atoms with Gasteiger partial charge in [0, 0.05) is 18.4 Å². The molecule has 0 radical (unpaired) electrons. The number of nitrogens with zero attached hydrogens (tertiary/aromatic N) is 2. The van der Waals surface area contributed by atoms with Crippen LogP contribution in [-0.4, -0.2) is 16.9 Å². The molecule has 1 atom stereocenters. The summed E-state index contributed by atoms with van der Waals surface area (Å²) in [5, 5.41) is 3.49. The van der Waals surface area contributed by atoms with Crippen LogP contribution in [0.25, 0.3) is 11.3 Å². The van der Waals surface area contributed by atoms with Crippen molar-refractivity contribution in [2.24, 2.45) is 0 Å². The van der Waals surface area contributed by atoms with E-state index in [-0.39, 0.29) is 17.4 Å². The highest BCUT2D eigenvalue weighted by atomic mass is 16.2. The molecule has 1 N–H and O–H groups in total. The molecule has 0 fully saturated rings. The fourth-order valence-electron chi connectivity index (χ4n) is 4.57. The molecule has 176 valence electrons. The summed E-state index contributed by atoms with van der Waals surface area (Å²) >= 11 is 0. The van der Waals surface area contributed by atoms with Gasteiger partial charge >= 0.3 is 11.7 Å². The van der Waals surface area contributed by atoms with Crippen molar-refractivity contribution < 1.29 is 9.36 Å². The molecule has 4 heteroatoms. The molecule has 5 rings (SSSR count). The van der Waals surface area contributed by atoms with Gasteiger partial charge < -0.3 is 0 Å². The summed E-state index contributed by atoms with van der Waals surface area (Å²) in [5.41, 5.74) is 7.59. The van der Waals surface area contributed by atoms with Gasteiger partial charge in [0.05, 0.1) is 0 Å². The molecule has 0 saturated heterocycles. The molecule has 35 heavy (non-hydrogen) atoms. The number of fused-ring (bicyclic) bond motifs is 1. The maximum absolute atomic E-state index is 13.5. The summed E-state index contributed by atoms with van der Waals surface area (Å²) in [4.78, 5) is 18.6. The Kier molecular flexibility index (Phi) is 5.98. The molecule has 0 aliphatic carbocycles. The van der Waals surface area contributed by atoms with E-state index in [1.54, 1.807) is 4.57 Å². The monoisotopic (exact) mass is 462 g/mol. The van der Waals surface area contributed by atoms with E-state index in [2.05, 4.69) is 93.7 Å². The summed E-state index contributed by atoms with van der Waals surface area (Å²) in [6, 6.07) is 26.9. The van der Waals surface area contributed by atoms with Crippen LogP contribution >= 0.6 is 0 Å². The zero-order chi connectivity index (χ0) is 24.6. The first-order valence-electron chi connectivity index (χ1n) is 12.2. The largest absolute Gasteiger partial charge is 0.359 e. The van der Waals surface area contributed by atoms with E-state index in [1.807, 2.05) is 24.4 Å². The fourth-order valence-corrected chi connectivity index (χ4v) is 4.57. The standard InChI is InChI=1S/C31H31N3O/c1-21-10-12-23(13-11-21)19-27-30(35)34-20-28(24-14-16-25(17-15-24)31(2,3)4)32-26(29(34)33-27)18-22-8-6-5-7-9-22/h5-17,20,27H,18-19H2,1-4H3/p+1.